The van der Waals surface area contributed by atoms with E-state index in [1.54, 1.807) is 0 Å². The summed E-state index contributed by atoms with van der Waals surface area (Å²) in [6.45, 7) is 11.4. The molecule has 218 valence electrons. The highest BCUT2D eigenvalue weighted by molar-refractivity contribution is 5.93. The lowest BCUT2D eigenvalue weighted by molar-refractivity contribution is -0.171. The van der Waals surface area contributed by atoms with Gasteiger partial charge in [-0.1, -0.05) is 26.7 Å². The van der Waals surface area contributed by atoms with E-state index in [4.69, 9.17) is 37.9 Å². The summed E-state index contributed by atoms with van der Waals surface area (Å²) >= 11 is 0. The summed E-state index contributed by atoms with van der Waals surface area (Å²) in [4.78, 5) is 24.5. The smallest absolute Gasteiger partial charge is 0.338 e. The molecular formula is C28H46O10. The standard InChI is InChI=1S/C28H46O10/c1-5-9-15-35-25(33-7-3)21-31-17-19-37-27(29)23-11-13-24(14-12-23)28(30)38-20-18-32-22-26(34-8-4)36-16-10-6-2/h11-14,25-26H,5-10,15-22H2,1-4H3. The Hall–Kier alpha value is -2.08. The zero-order valence-electron chi connectivity index (χ0n) is 23.4. The third-order valence-corrected chi connectivity index (χ3v) is 5.09. The molecule has 38 heavy (non-hydrogen) atoms. The number of hydrogen-bond donors (Lipinski definition) is 0. The minimum atomic E-state index is -0.507. The van der Waals surface area contributed by atoms with E-state index in [9.17, 15) is 9.59 Å². The summed E-state index contributed by atoms with van der Waals surface area (Å²) in [5.74, 6) is -1.01. The Morgan fingerprint density at radius 1 is 0.579 bits per heavy atom. The van der Waals surface area contributed by atoms with Gasteiger partial charge in [0, 0.05) is 26.4 Å². The Bertz CT molecular complexity index is 664. The molecule has 0 aromatic heterocycles. The van der Waals surface area contributed by atoms with Gasteiger partial charge in [-0.25, -0.2) is 9.59 Å². The maximum atomic E-state index is 12.2. The Balaban J connectivity index is 2.27. The summed E-state index contributed by atoms with van der Waals surface area (Å²) in [6.07, 6.45) is 3.12. The molecule has 0 aliphatic rings. The molecule has 1 aromatic carbocycles. The number of hydrogen-bond acceptors (Lipinski definition) is 10. The van der Waals surface area contributed by atoms with Crippen molar-refractivity contribution in [2.45, 2.75) is 66.0 Å². The summed E-state index contributed by atoms with van der Waals surface area (Å²) in [5, 5.41) is 0. The van der Waals surface area contributed by atoms with Crippen molar-refractivity contribution in [1.82, 2.24) is 0 Å². The Labute approximate surface area is 227 Å². The van der Waals surface area contributed by atoms with Crippen molar-refractivity contribution in [3.8, 4) is 0 Å². The molecule has 0 aliphatic carbocycles. The number of rotatable bonds is 24. The summed E-state index contributed by atoms with van der Waals surface area (Å²) in [7, 11) is 0. The van der Waals surface area contributed by atoms with Gasteiger partial charge in [-0.2, -0.15) is 0 Å². The summed E-state index contributed by atoms with van der Waals surface area (Å²) in [5.41, 5.74) is 0.648. The molecule has 2 atom stereocenters. The van der Waals surface area contributed by atoms with Crippen LogP contribution in [0.25, 0.3) is 0 Å². The van der Waals surface area contributed by atoms with Gasteiger partial charge in [0.1, 0.15) is 13.2 Å². The van der Waals surface area contributed by atoms with Crippen LogP contribution in [-0.2, 0) is 37.9 Å². The van der Waals surface area contributed by atoms with Crippen LogP contribution in [0.1, 0.15) is 74.1 Å². The van der Waals surface area contributed by atoms with Crippen LogP contribution in [0.2, 0.25) is 0 Å². The molecule has 0 aliphatic heterocycles. The lowest BCUT2D eigenvalue weighted by atomic mass is 10.1. The van der Waals surface area contributed by atoms with Crippen LogP contribution in [0.5, 0.6) is 0 Å². The van der Waals surface area contributed by atoms with E-state index in [2.05, 4.69) is 13.8 Å². The Kier molecular flexibility index (Phi) is 20.4. The maximum absolute atomic E-state index is 12.2. The van der Waals surface area contributed by atoms with Crippen molar-refractivity contribution in [2.75, 3.05) is 66.1 Å². The molecule has 10 nitrogen and oxygen atoms in total. The second-order valence-corrected chi connectivity index (χ2v) is 8.22. The number of carbonyl (C=O) groups excluding carboxylic acids is 2. The number of benzene rings is 1. The quantitative estimate of drug-likeness (QED) is 0.106. The number of ether oxygens (including phenoxy) is 8. The van der Waals surface area contributed by atoms with Crippen LogP contribution in [0.15, 0.2) is 24.3 Å². The third kappa shape index (κ3) is 16.0. The lowest BCUT2D eigenvalue weighted by Gasteiger charge is -2.17. The van der Waals surface area contributed by atoms with E-state index in [0.717, 1.165) is 25.7 Å². The highest BCUT2D eigenvalue weighted by atomic mass is 16.7. The molecule has 1 aromatic rings. The second kappa shape index (κ2) is 22.9. The van der Waals surface area contributed by atoms with Gasteiger partial charge in [-0.3, -0.25) is 0 Å². The zero-order chi connectivity index (χ0) is 27.8. The molecule has 0 bridgehead atoms. The van der Waals surface area contributed by atoms with E-state index in [-0.39, 0.29) is 39.6 Å². The third-order valence-electron chi connectivity index (χ3n) is 5.09. The second-order valence-electron chi connectivity index (χ2n) is 8.22. The van der Waals surface area contributed by atoms with Crippen molar-refractivity contribution in [3.05, 3.63) is 35.4 Å². The van der Waals surface area contributed by atoms with Gasteiger partial charge >= 0.3 is 11.9 Å². The maximum Gasteiger partial charge on any atom is 0.338 e. The molecule has 0 saturated carbocycles. The first kappa shape index (κ1) is 33.9. The molecule has 1 rings (SSSR count). The van der Waals surface area contributed by atoms with Crippen molar-refractivity contribution in [1.29, 1.82) is 0 Å². The number of esters is 2. The predicted octanol–water partition coefficient (Wildman–Crippen LogP) is 4.39. The van der Waals surface area contributed by atoms with Crippen molar-refractivity contribution < 1.29 is 47.5 Å². The Morgan fingerprint density at radius 3 is 1.32 bits per heavy atom. The van der Waals surface area contributed by atoms with E-state index in [0.29, 0.717) is 37.6 Å². The highest BCUT2D eigenvalue weighted by Gasteiger charge is 2.13. The summed E-state index contributed by atoms with van der Waals surface area (Å²) < 4.78 is 43.6. The van der Waals surface area contributed by atoms with Crippen LogP contribution in [-0.4, -0.2) is 90.6 Å². The van der Waals surface area contributed by atoms with Crippen LogP contribution in [0, 0.1) is 0 Å². The minimum absolute atomic E-state index is 0.0875. The van der Waals surface area contributed by atoms with E-state index < -0.39 is 24.5 Å². The lowest BCUT2D eigenvalue weighted by Crippen LogP contribution is -2.25. The van der Waals surface area contributed by atoms with Crippen LogP contribution < -0.4 is 0 Å². The summed E-state index contributed by atoms with van der Waals surface area (Å²) in [6, 6.07) is 6.07. The van der Waals surface area contributed by atoms with Crippen molar-refractivity contribution in [2.24, 2.45) is 0 Å². The van der Waals surface area contributed by atoms with E-state index in [1.807, 2.05) is 13.8 Å². The molecule has 0 radical (unpaired) electrons. The first-order valence-electron chi connectivity index (χ1n) is 13.6. The van der Waals surface area contributed by atoms with Crippen molar-refractivity contribution >= 4 is 11.9 Å². The Morgan fingerprint density at radius 2 is 0.974 bits per heavy atom. The number of unbranched alkanes of at least 4 members (excludes halogenated alkanes) is 2. The fourth-order valence-corrected chi connectivity index (χ4v) is 3.03. The predicted molar refractivity (Wildman–Crippen MR) is 141 cm³/mol. The van der Waals surface area contributed by atoms with Gasteiger partial charge in [0.2, 0.25) is 0 Å². The average molecular weight is 543 g/mol. The topological polar surface area (TPSA) is 108 Å². The minimum Gasteiger partial charge on any atom is -0.460 e. The number of carbonyl (C=O) groups is 2. The zero-order valence-corrected chi connectivity index (χ0v) is 23.4. The van der Waals surface area contributed by atoms with Crippen LogP contribution in [0.3, 0.4) is 0 Å². The van der Waals surface area contributed by atoms with E-state index in [1.165, 1.54) is 24.3 Å². The molecule has 0 fully saturated rings. The highest BCUT2D eigenvalue weighted by Crippen LogP contribution is 2.08. The molecule has 0 heterocycles. The van der Waals surface area contributed by atoms with Crippen LogP contribution >= 0.6 is 0 Å². The molecule has 10 heteroatoms. The largest absolute Gasteiger partial charge is 0.460 e. The van der Waals surface area contributed by atoms with E-state index >= 15 is 0 Å². The molecule has 0 saturated heterocycles. The van der Waals surface area contributed by atoms with Crippen LogP contribution in [0.4, 0.5) is 0 Å². The molecular weight excluding hydrogens is 496 g/mol. The SMILES string of the molecule is CCCCOC(COCCOC(=O)c1ccc(C(=O)OCCOCC(OCC)OCCCC)cc1)OCC. The fraction of sp³-hybridized carbons (Fsp3) is 0.714. The molecule has 0 N–H and O–H groups in total. The fourth-order valence-electron chi connectivity index (χ4n) is 3.03. The average Bonchev–Trinajstić information content (AvgIpc) is 2.92. The van der Waals surface area contributed by atoms with Gasteiger partial charge < -0.3 is 37.9 Å². The molecule has 2 unspecified atom stereocenters. The van der Waals surface area contributed by atoms with Gasteiger partial charge in [0.15, 0.2) is 12.6 Å². The van der Waals surface area contributed by atoms with Crippen molar-refractivity contribution in [3.63, 3.8) is 0 Å². The van der Waals surface area contributed by atoms with Gasteiger partial charge in [-0.05, 0) is 51.0 Å². The van der Waals surface area contributed by atoms with Gasteiger partial charge in [-0.15, -0.1) is 0 Å². The van der Waals surface area contributed by atoms with Gasteiger partial charge in [0.05, 0.1) is 37.6 Å². The van der Waals surface area contributed by atoms with Gasteiger partial charge in [0.25, 0.3) is 0 Å². The molecule has 0 amide bonds. The first-order chi connectivity index (χ1) is 18.5. The molecule has 0 spiro atoms. The first-order valence-corrected chi connectivity index (χ1v) is 13.6. The normalized spacial score (nSPS) is 12.7. The monoisotopic (exact) mass is 542 g/mol.